The number of ether oxygens (including phenoxy) is 2. The molecule has 3 aromatic carbocycles. The van der Waals surface area contributed by atoms with Crippen LogP contribution in [0.25, 0.3) is 10.8 Å². The fraction of sp³-hybridized carbons (Fsp3) is 0.273. The van der Waals surface area contributed by atoms with E-state index >= 15 is 0 Å². The van der Waals surface area contributed by atoms with Gasteiger partial charge in [-0.3, -0.25) is 0 Å². The summed E-state index contributed by atoms with van der Waals surface area (Å²) in [6, 6.07) is 19.2. The molecule has 130 valence electrons. The molecule has 0 bridgehead atoms. The number of rotatable bonds is 6. The smallest absolute Gasteiger partial charge is 0.121 e. The highest BCUT2D eigenvalue weighted by Gasteiger charge is 2.10. The van der Waals surface area contributed by atoms with E-state index in [1.54, 1.807) is 14.2 Å². The van der Waals surface area contributed by atoms with Gasteiger partial charge < -0.3 is 14.8 Å². The zero-order chi connectivity index (χ0) is 17.8. The average Bonchev–Trinajstić information content (AvgIpc) is 2.65. The number of benzene rings is 3. The first-order chi connectivity index (χ1) is 12.1. The van der Waals surface area contributed by atoms with E-state index in [1.165, 1.54) is 21.9 Å². The van der Waals surface area contributed by atoms with E-state index < -0.39 is 0 Å². The third-order valence-corrected chi connectivity index (χ3v) is 4.66. The molecule has 0 spiro atoms. The van der Waals surface area contributed by atoms with Crippen molar-refractivity contribution in [2.24, 2.45) is 0 Å². The Morgan fingerprint density at radius 2 is 1.80 bits per heavy atom. The molecule has 0 amide bonds. The third-order valence-electron chi connectivity index (χ3n) is 4.66. The van der Waals surface area contributed by atoms with Crippen LogP contribution in [0.5, 0.6) is 11.5 Å². The lowest BCUT2D eigenvalue weighted by Crippen LogP contribution is -2.18. The molecule has 3 aromatic rings. The number of nitrogens with one attached hydrogen (secondary N) is 1. The lowest BCUT2D eigenvalue weighted by molar-refractivity contribution is 0.411. The van der Waals surface area contributed by atoms with Crippen molar-refractivity contribution in [1.82, 2.24) is 5.32 Å². The van der Waals surface area contributed by atoms with Crippen LogP contribution in [-0.2, 0) is 6.54 Å². The van der Waals surface area contributed by atoms with E-state index in [1.807, 2.05) is 12.1 Å². The van der Waals surface area contributed by atoms with Gasteiger partial charge in [-0.25, -0.2) is 0 Å². The number of hydrogen-bond acceptors (Lipinski definition) is 3. The summed E-state index contributed by atoms with van der Waals surface area (Å²) < 4.78 is 10.7. The molecule has 0 aromatic heterocycles. The standard InChI is InChI=1S/C22H25NO2/c1-15-12-17(8-11-22(15)25-4)14-23-16(2)20-7-5-6-18-9-10-19(24-3)13-21(18)20/h5-13,16,23H,14H2,1-4H3. The number of hydrogen-bond donors (Lipinski definition) is 1. The monoisotopic (exact) mass is 335 g/mol. The van der Waals surface area contributed by atoms with Crippen molar-refractivity contribution < 1.29 is 9.47 Å². The Balaban J connectivity index is 1.80. The molecule has 0 aliphatic carbocycles. The van der Waals surface area contributed by atoms with Gasteiger partial charge in [0.2, 0.25) is 0 Å². The summed E-state index contributed by atoms with van der Waals surface area (Å²) in [6.45, 7) is 5.08. The Morgan fingerprint density at radius 1 is 0.960 bits per heavy atom. The largest absolute Gasteiger partial charge is 0.497 e. The zero-order valence-corrected chi connectivity index (χ0v) is 15.3. The van der Waals surface area contributed by atoms with Crippen molar-refractivity contribution in [2.75, 3.05) is 14.2 Å². The highest BCUT2D eigenvalue weighted by molar-refractivity contribution is 5.87. The second-order valence-corrected chi connectivity index (χ2v) is 6.34. The quantitative estimate of drug-likeness (QED) is 0.686. The number of aryl methyl sites for hydroxylation is 1. The minimum Gasteiger partial charge on any atom is -0.497 e. The molecule has 3 rings (SSSR count). The summed E-state index contributed by atoms with van der Waals surface area (Å²) in [5.41, 5.74) is 3.69. The van der Waals surface area contributed by atoms with Gasteiger partial charge in [0, 0.05) is 12.6 Å². The van der Waals surface area contributed by atoms with Gasteiger partial charge in [0.15, 0.2) is 0 Å². The van der Waals surface area contributed by atoms with E-state index in [-0.39, 0.29) is 6.04 Å². The van der Waals surface area contributed by atoms with Gasteiger partial charge in [0.05, 0.1) is 14.2 Å². The SMILES string of the molecule is COc1ccc2cccc(C(C)NCc3ccc(OC)c(C)c3)c2c1. The first-order valence-electron chi connectivity index (χ1n) is 8.56. The molecule has 1 atom stereocenters. The summed E-state index contributed by atoms with van der Waals surface area (Å²) in [6.07, 6.45) is 0. The molecule has 1 unspecified atom stereocenters. The van der Waals surface area contributed by atoms with Gasteiger partial charge in [0.25, 0.3) is 0 Å². The van der Waals surface area contributed by atoms with Gasteiger partial charge in [-0.2, -0.15) is 0 Å². The van der Waals surface area contributed by atoms with Crippen LogP contribution < -0.4 is 14.8 Å². The van der Waals surface area contributed by atoms with Crippen LogP contribution in [0.4, 0.5) is 0 Å². The van der Waals surface area contributed by atoms with Gasteiger partial charge in [-0.1, -0.05) is 36.4 Å². The topological polar surface area (TPSA) is 30.5 Å². The first-order valence-corrected chi connectivity index (χ1v) is 8.56. The molecule has 0 saturated heterocycles. The van der Waals surface area contributed by atoms with E-state index in [0.717, 1.165) is 23.6 Å². The molecule has 0 aliphatic heterocycles. The molecule has 0 aliphatic rings. The van der Waals surface area contributed by atoms with Crippen LogP contribution in [0, 0.1) is 6.92 Å². The lowest BCUT2D eigenvalue weighted by atomic mass is 9.99. The van der Waals surface area contributed by atoms with Gasteiger partial charge in [0.1, 0.15) is 11.5 Å². The van der Waals surface area contributed by atoms with Gasteiger partial charge >= 0.3 is 0 Å². The predicted molar refractivity (Wildman–Crippen MR) is 103 cm³/mol. The molecular formula is C22H25NO2. The maximum Gasteiger partial charge on any atom is 0.121 e. The van der Waals surface area contributed by atoms with Gasteiger partial charge in [-0.15, -0.1) is 0 Å². The Hall–Kier alpha value is -2.52. The summed E-state index contributed by atoms with van der Waals surface area (Å²) in [7, 11) is 3.41. The van der Waals surface area contributed by atoms with Crippen molar-refractivity contribution in [3.63, 3.8) is 0 Å². The van der Waals surface area contributed by atoms with Crippen LogP contribution in [0.15, 0.2) is 54.6 Å². The normalized spacial score (nSPS) is 12.2. The molecule has 0 fully saturated rings. The van der Waals surface area contributed by atoms with Crippen molar-refractivity contribution >= 4 is 10.8 Å². The molecule has 0 radical (unpaired) electrons. The average molecular weight is 335 g/mol. The zero-order valence-electron chi connectivity index (χ0n) is 15.3. The second-order valence-electron chi connectivity index (χ2n) is 6.34. The second kappa shape index (κ2) is 7.58. The molecule has 3 nitrogen and oxygen atoms in total. The Morgan fingerprint density at radius 3 is 2.52 bits per heavy atom. The van der Waals surface area contributed by atoms with Crippen molar-refractivity contribution in [2.45, 2.75) is 26.4 Å². The Bertz CT molecular complexity index is 873. The van der Waals surface area contributed by atoms with Crippen molar-refractivity contribution in [1.29, 1.82) is 0 Å². The Labute approximate surface area is 149 Å². The third kappa shape index (κ3) is 3.77. The fourth-order valence-corrected chi connectivity index (χ4v) is 3.21. The maximum absolute atomic E-state index is 5.39. The highest BCUT2D eigenvalue weighted by atomic mass is 16.5. The van der Waals surface area contributed by atoms with Crippen LogP contribution in [-0.4, -0.2) is 14.2 Å². The molecule has 1 N–H and O–H groups in total. The first kappa shape index (κ1) is 17.3. The fourth-order valence-electron chi connectivity index (χ4n) is 3.21. The maximum atomic E-state index is 5.39. The predicted octanol–water partition coefficient (Wildman–Crippen LogP) is 5.02. The molecular weight excluding hydrogens is 310 g/mol. The summed E-state index contributed by atoms with van der Waals surface area (Å²) >= 11 is 0. The summed E-state index contributed by atoms with van der Waals surface area (Å²) in [4.78, 5) is 0. The summed E-state index contributed by atoms with van der Waals surface area (Å²) in [5, 5.41) is 6.09. The van der Waals surface area contributed by atoms with Crippen LogP contribution >= 0.6 is 0 Å². The number of fused-ring (bicyclic) bond motifs is 1. The molecule has 3 heteroatoms. The van der Waals surface area contributed by atoms with Crippen LogP contribution in [0.1, 0.15) is 29.7 Å². The molecule has 0 saturated carbocycles. The lowest BCUT2D eigenvalue weighted by Gasteiger charge is -2.18. The van der Waals surface area contributed by atoms with Crippen LogP contribution in [0.2, 0.25) is 0 Å². The molecule has 25 heavy (non-hydrogen) atoms. The number of methoxy groups -OCH3 is 2. The Kier molecular flexibility index (Phi) is 5.25. The summed E-state index contributed by atoms with van der Waals surface area (Å²) in [5.74, 6) is 1.82. The minimum atomic E-state index is 0.234. The van der Waals surface area contributed by atoms with Crippen LogP contribution in [0.3, 0.4) is 0 Å². The molecule has 0 heterocycles. The van der Waals surface area contributed by atoms with E-state index in [9.17, 15) is 0 Å². The van der Waals surface area contributed by atoms with E-state index in [0.29, 0.717) is 0 Å². The van der Waals surface area contributed by atoms with Crippen molar-refractivity contribution in [3.8, 4) is 11.5 Å². The van der Waals surface area contributed by atoms with Gasteiger partial charge in [-0.05, 0) is 59.5 Å². The van der Waals surface area contributed by atoms with E-state index in [4.69, 9.17) is 9.47 Å². The minimum absolute atomic E-state index is 0.234. The van der Waals surface area contributed by atoms with Crippen molar-refractivity contribution in [3.05, 3.63) is 71.3 Å². The van der Waals surface area contributed by atoms with E-state index in [2.05, 4.69) is 61.6 Å². The highest BCUT2D eigenvalue weighted by Crippen LogP contribution is 2.28.